The smallest absolute Gasteiger partial charge is 0.259 e. The zero-order valence-electron chi connectivity index (χ0n) is 20.2. The number of nitrogens with zero attached hydrogens (tertiary/aromatic N) is 7. The van der Waals surface area contributed by atoms with Crippen molar-refractivity contribution in [3.8, 4) is 22.9 Å². The Balaban J connectivity index is 1.39. The molecule has 0 aromatic carbocycles. The lowest BCUT2D eigenvalue weighted by molar-refractivity contribution is 0.102. The summed E-state index contributed by atoms with van der Waals surface area (Å²) in [4.78, 5) is 38.2. The Morgan fingerprint density at radius 3 is 2.76 bits per heavy atom. The van der Waals surface area contributed by atoms with E-state index in [1.807, 2.05) is 6.92 Å². The maximum absolute atomic E-state index is 13.3. The number of piperidine rings is 1. The van der Waals surface area contributed by atoms with Crippen LogP contribution in [0.15, 0.2) is 30.7 Å². The molecule has 37 heavy (non-hydrogen) atoms. The number of fused-ring (bicyclic) bond motifs is 1. The SMILES string of the molecule is COc1cnc(Cl)cc1-c1cc(C)ncc1C(=O)Nc1nc2ncc(N3CCC(CC#N)CC3)nc2s1. The van der Waals surface area contributed by atoms with E-state index in [2.05, 4.69) is 36.2 Å². The van der Waals surface area contributed by atoms with Crippen molar-refractivity contribution in [2.75, 3.05) is 30.4 Å². The molecule has 4 aromatic rings. The van der Waals surface area contributed by atoms with Gasteiger partial charge in [-0.3, -0.25) is 15.1 Å². The Morgan fingerprint density at radius 1 is 1.19 bits per heavy atom. The van der Waals surface area contributed by atoms with Gasteiger partial charge in [-0.1, -0.05) is 22.9 Å². The van der Waals surface area contributed by atoms with Crippen LogP contribution in [0.5, 0.6) is 5.75 Å². The van der Waals surface area contributed by atoms with Gasteiger partial charge in [0.1, 0.15) is 16.7 Å². The van der Waals surface area contributed by atoms with Crippen molar-refractivity contribution >= 4 is 50.3 Å². The number of carbonyl (C=O) groups excluding carboxylic acids is 1. The molecule has 0 bridgehead atoms. The lowest BCUT2D eigenvalue weighted by atomic mass is 9.94. The summed E-state index contributed by atoms with van der Waals surface area (Å²) in [6.07, 6.45) is 7.25. The maximum Gasteiger partial charge on any atom is 0.259 e. The van der Waals surface area contributed by atoms with Gasteiger partial charge in [0.25, 0.3) is 5.91 Å². The minimum Gasteiger partial charge on any atom is -0.494 e. The zero-order valence-corrected chi connectivity index (χ0v) is 21.8. The number of rotatable bonds is 6. The van der Waals surface area contributed by atoms with E-state index in [0.29, 0.717) is 50.4 Å². The molecule has 0 aliphatic carbocycles. The summed E-state index contributed by atoms with van der Waals surface area (Å²) in [5.74, 6) is 1.32. The van der Waals surface area contributed by atoms with Gasteiger partial charge in [0.15, 0.2) is 15.6 Å². The number of carbonyl (C=O) groups is 1. The van der Waals surface area contributed by atoms with Crippen molar-refractivity contribution in [1.29, 1.82) is 5.26 Å². The molecule has 12 heteroatoms. The van der Waals surface area contributed by atoms with Gasteiger partial charge in [0, 0.05) is 42.5 Å². The number of thiazole rings is 1. The molecule has 1 aliphatic rings. The highest BCUT2D eigenvalue weighted by molar-refractivity contribution is 7.21. The predicted molar refractivity (Wildman–Crippen MR) is 142 cm³/mol. The number of aryl methyl sites for hydroxylation is 1. The number of nitriles is 1. The Labute approximate surface area is 222 Å². The van der Waals surface area contributed by atoms with E-state index in [1.165, 1.54) is 30.8 Å². The average molecular weight is 535 g/mol. The highest BCUT2D eigenvalue weighted by Crippen LogP contribution is 2.34. The lowest BCUT2D eigenvalue weighted by Gasteiger charge is -2.31. The molecular formula is C25H23ClN8O2S. The average Bonchev–Trinajstić information content (AvgIpc) is 3.30. The Morgan fingerprint density at radius 2 is 2.00 bits per heavy atom. The van der Waals surface area contributed by atoms with Gasteiger partial charge < -0.3 is 9.64 Å². The first kappa shape index (κ1) is 24.8. The van der Waals surface area contributed by atoms with Crippen LogP contribution in [0, 0.1) is 24.2 Å². The number of ether oxygens (including phenoxy) is 1. The molecule has 5 heterocycles. The number of anilines is 2. The second kappa shape index (κ2) is 10.6. The minimum absolute atomic E-state index is 0.282. The van der Waals surface area contributed by atoms with E-state index in [1.54, 1.807) is 18.3 Å². The summed E-state index contributed by atoms with van der Waals surface area (Å²) < 4.78 is 5.45. The van der Waals surface area contributed by atoms with Gasteiger partial charge in [-0.2, -0.15) is 10.2 Å². The first-order valence-electron chi connectivity index (χ1n) is 11.7. The molecule has 1 saturated heterocycles. The summed E-state index contributed by atoms with van der Waals surface area (Å²) in [6, 6.07) is 5.72. The monoisotopic (exact) mass is 534 g/mol. The van der Waals surface area contributed by atoms with Crippen molar-refractivity contribution in [3.63, 3.8) is 0 Å². The molecule has 0 radical (unpaired) electrons. The van der Waals surface area contributed by atoms with E-state index in [9.17, 15) is 4.79 Å². The van der Waals surface area contributed by atoms with Crippen LogP contribution in [-0.4, -0.2) is 51.0 Å². The van der Waals surface area contributed by atoms with Crippen molar-refractivity contribution < 1.29 is 9.53 Å². The first-order chi connectivity index (χ1) is 17.9. The van der Waals surface area contributed by atoms with Crippen molar-refractivity contribution in [3.05, 3.63) is 47.1 Å². The molecular weight excluding hydrogens is 512 g/mol. The third kappa shape index (κ3) is 5.30. The third-order valence-electron chi connectivity index (χ3n) is 6.28. The molecule has 0 unspecified atom stereocenters. The van der Waals surface area contributed by atoms with Crippen LogP contribution in [0.1, 0.15) is 35.3 Å². The number of pyridine rings is 2. The molecule has 1 fully saturated rings. The molecule has 1 aliphatic heterocycles. The number of halogens is 1. The normalized spacial score (nSPS) is 13.9. The highest BCUT2D eigenvalue weighted by atomic mass is 35.5. The Kier molecular flexibility index (Phi) is 7.12. The van der Waals surface area contributed by atoms with Crippen LogP contribution in [0.2, 0.25) is 5.15 Å². The quantitative estimate of drug-likeness (QED) is 0.343. The summed E-state index contributed by atoms with van der Waals surface area (Å²) in [5, 5.41) is 12.5. The van der Waals surface area contributed by atoms with Crippen molar-refractivity contribution in [2.45, 2.75) is 26.2 Å². The molecule has 188 valence electrons. The highest BCUT2D eigenvalue weighted by Gasteiger charge is 2.22. The molecule has 0 spiro atoms. The van der Waals surface area contributed by atoms with Crippen molar-refractivity contribution in [1.82, 2.24) is 24.9 Å². The van der Waals surface area contributed by atoms with E-state index >= 15 is 0 Å². The number of methoxy groups -OCH3 is 1. The van der Waals surface area contributed by atoms with Gasteiger partial charge >= 0.3 is 0 Å². The molecule has 5 rings (SSSR count). The standard InChI is InChI=1S/C25H23ClN8O2S/c1-14-9-16(17-10-20(26)29-12-19(17)36-2)18(11-28-14)23(35)33-25-32-22-24(37-25)31-21(13-30-22)34-7-4-15(3-6-27)5-8-34/h9-13,15H,3-5,7-8H2,1-2H3,(H,30,32,33,35). The fourth-order valence-electron chi connectivity index (χ4n) is 4.33. The molecule has 1 amide bonds. The molecule has 4 aromatic heterocycles. The lowest BCUT2D eigenvalue weighted by Crippen LogP contribution is -2.34. The molecule has 0 atom stereocenters. The fourth-order valence-corrected chi connectivity index (χ4v) is 5.28. The van der Waals surface area contributed by atoms with Gasteiger partial charge in [0.2, 0.25) is 0 Å². The predicted octanol–water partition coefficient (Wildman–Crippen LogP) is 4.90. The second-order valence-corrected chi connectivity index (χ2v) is 10.1. The van der Waals surface area contributed by atoms with E-state index in [4.69, 9.17) is 26.6 Å². The number of nitrogens with one attached hydrogen (secondary N) is 1. The van der Waals surface area contributed by atoms with Gasteiger partial charge in [-0.15, -0.1) is 0 Å². The third-order valence-corrected chi connectivity index (χ3v) is 7.34. The largest absolute Gasteiger partial charge is 0.494 e. The summed E-state index contributed by atoms with van der Waals surface area (Å²) in [6.45, 7) is 3.51. The number of hydrogen-bond donors (Lipinski definition) is 1. The van der Waals surface area contributed by atoms with E-state index in [0.717, 1.165) is 37.4 Å². The molecule has 0 saturated carbocycles. The van der Waals surface area contributed by atoms with Gasteiger partial charge in [-0.25, -0.2) is 15.0 Å². The van der Waals surface area contributed by atoms with Crippen LogP contribution < -0.4 is 15.0 Å². The maximum atomic E-state index is 13.3. The van der Waals surface area contributed by atoms with Crippen LogP contribution >= 0.6 is 22.9 Å². The zero-order chi connectivity index (χ0) is 25.9. The molecule has 1 N–H and O–H groups in total. The van der Waals surface area contributed by atoms with E-state index in [-0.39, 0.29) is 11.1 Å². The van der Waals surface area contributed by atoms with Gasteiger partial charge in [-0.05, 0) is 37.8 Å². The van der Waals surface area contributed by atoms with Gasteiger partial charge in [0.05, 0.1) is 31.1 Å². The first-order valence-corrected chi connectivity index (χ1v) is 12.9. The summed E-state index contributed by atoms with van der Waals surface area (Å²) >= 11 is 7.40. The van der Waals surface area contributed by atoms with Crippen LogP contribution in [0.4, 0.5) is 10.9 Å². The van der Waals surface area contributed by atoms with E-state index < -0.39 is 0 Å². The number of amides is 1. The van der Waals surface area contributed by atoms with Crippen LogP contribution in [0.3, 0.4) is 0 Å². The van der Waals surface area contributed by atoms with Crippen molar-refractivity contribution in [2.24, 2.45) is 5.92 Å². The second-order valence-electron chi connectivity index (χ2n) is 8.70. The minimum atomic E-state index is -0.378. The molecule has 10 nitrogen and oxygen atoms in total. The summed E-state index contributed by atoms with van der Waals surface area (Å²) in [7, 11) is 1.53. The van der Waals surface area contributed by atoms with Crippen LogP contribution in [-0.2, 0) is 0 Å². The summed E-state index contributed by atoms with van der Waals surface area (Å²) in [5.41, 5.74) is 2.79. The fraction of sp³-hybridized carbons (Fsp3) is 0.320. The van der Waals surface area contributed by atoms with Crippen LogP contribution in [0.25, 0.3) is 21.6 Å². The number of aromatic nitrogens is 5. The number of hydrogen-bond acceptors (Lipinski definition) is 10. The topological polar surface area (TPSA) is 130 Å². The Hall–Kier alpha value is -3.88. The Bertz CT molecular complexity index is 1510.